The lowest BCUT2D eigenvalue weighted by atomic mass is 9.90. The number of anilines is 1. The molecular formula is C16H20N2O. The molecule has 1 fully saturated rings. The summed E-state index contributed by atoms with van der Waals surface area (Å²) in [6.07, 6.45) is 8.47. The fourth-order valence-electron chi connectivity index (χ4n) is 2.83. The first-order valence-electron chi connectivity index (χ1n) is 7.10. The van der Waals surface area contributed by atoms with Crippen molar-refractivity contribution in [3.05, 3.63) is 30.5 Å². The SMILES string of the molecule is Nc1ccc2c(OCC3CCCCC3)ccnc2c1. The molecule has 0 unspecified atom stereocenters. The van der Waals surface area contributed by atoms with Crippen LogP contribution in [0, 0.1) is 5.92 Å². The molecule has 1 aliphatic carbocycles. The zero-order chi connectivity index (χ0) is 13.1. The molecule has 0 radical (unpaired) electrons. The fraction of sp³-hybridized carbons (Fsp3) is 0.438. The number of nitrogens with zero attached hydrogens (tertiary/aromatic N) is 1. The van der Waals surface area contributed by atoms with Gasteiger partial charge in [-0.25, -0.2) is 0 Å². The van der Waals surface area contributed by atoms with Crippen molar-refractivity contribution < 1.29 is 4.74 Å². The van der Waals surface area contributed by atoms with Crippen LogP contribution in [0.3, 0.4) is 0 Å². The highest BCUT2D eigenvalue weighted by atomic mass is 16.5. The topological polar surface area (TPSA) is 48.1 Å². The summed E-state index contributed by atoms with van der Waals surface area (Å²) in [6, 6.07) is 7.73. The molecule has 0 bridgehead atoms. The Hall–Kier alpha value is -1.77. The summed E-state index contributed by atoms with van der Waals surface area (Å²) in [5, 5.41) is 1.05. The number of pyridine rings is 1. The lowest BCUT2D eigenvalue weighted by Crippen LogP contribution is -2.15. The Morgan fingerprint density at radius 3 is 2.84 bits per heavy atom. The number of fused-ring (bicyclic) bond motifs is 1. The van der Waals surface area contributed by atoms with Crippen LogP contribution in [0.25, 0.3) is 10.9 Å². The molecule has 1 aliphatic rings. The second kappa shape index (κ2) is 5.47. The first-order chi connectivity index (χ1) is 9.33. The Balaban J connectivity index is 1.76. The average molecular weight is 256 g/mol. The Labute approximate surface area is 113 Å². The Morgan fingerprint density at radius 2 is 2.00 bits per heavy atom. The van der Waals surface area contributed by atoms with E-state index in [1.807, 2.05) is 24.3 Å². The van der Waals surface area contributed by atoms with E-state index in [0.717, 1.165) is 28.9 Å². The quantitative estimate of drug-likeness (QED) is 0.850. The van der Waals surface area contributed by atoms with Gasteiger partial charge in [0.2, 0.25) is 0 Å². The average Bonchev–Trinajstić information content (AvgIpc) is 2.45. The molecule has 1 heterocycles. The molecular weight excluding hydrogens is 236 g/mol. The molecule has 0 amide bonds. The van der Waals surface area contributed by atoms with Gasteiger partial charge < -0.3 is 10.5 Å². The van der Waals surface area contributed by atoms with Gasteiger partial charge in [0.05, 0.1) is 12.1 Å². The smallest absolute Gasteiger partial charge is 0.130 e. The summed E-state index contributed by atoms with van der Waals surface area (Å²) >= 11 is 0. The minimum absolute atomic E-state index is 0.714. The highest BCUT2D eigenvalue weighted by Crippen LogP contribution is 2.28. The van der Waals surface area contributed by atoms with Crippen LogP contribution in [-0.2, 0) is 0 Å². The molecule has 0 aliphatic heterocycles. The number of hydrogen-bond acceptors (Lipinski definition) is 3. The van der Waals surface area contributed by atoms with Gasteiger partial charge in [0.1, 0.15) is 5.75 Å². The summed E-state index contributed by atoms with van der Waals surface area (Å²) in [4.78, 5) is 4.34. The van der Waals surface area contributed by atoms with Crippen molar-refractivity contribution in [2.24, 2.45) is 5.92 Å². The summed E-state index contributed by atoms with van der Waals surface area (Å²) in [6.45, 7) is 0.823. The van der Waals surface area contributed by atoms with Gasteiger partial charge in [-0.05, 0) is 43.0 Å². The molecule has 100 valence electrons. The van der Waals surface area contributed by atoms with Crippen molar-refractivity contribution in [3.63, 3.8) is 0 Å². The van der Waals surface area contributed by atoms with E-state index >= 15 is 0 Å². The van der Waals surface area contributed by atoms with E-state index in [1.165, 1.54) is 32.1 Å². The van der Waals surface area contributed by atoms with Gasteiger partial charge in [0.25, 0.3) is 0 Å². The van der Waals surface area contributed by atoms with Gasteiger partial charge >= 0.3 is 0 Å². The van der Waals surface area contributed by atoms with E-state index in [0.29, 0.717) is 5.92 Å². The molecule has 1 saturated carbocycles. The summed E-state index contributed by atoms with van der Waals surface area (Å²) in [7, 11) is 0. The van der Waals surface area contributed by atoms with Crippen molar-refractivity contribution in [2.45, 2.75) is 32.1 Å². The summed E-state index contributed by atoms with van der Waals surface area (Å²) < 4.78 is 6.02. The lowest BCUT2D eigenvalue weighted by molar-refractivity contribution is 0.210. The van der Waals surface area contributed by atoms with Crippen LogP contribution in [0.4, 0.5) is 5.69 Å². The lowest BCUT2D eigenvalue weighted by Gasteiger charge is -2.22. The first kappa shape index (κ1) is 12.3. The first-order valence-corrected chi connectivity index (χ1v) is 7.10. The molecule has 0 saturated heterocycles. The molecule has 3 heteroatoms. The molecule has 1 aromatic carbocycles. The van der Waals surface area contributed by atoms with E-state index in [4.69, 9.17) is 10.5 Å². The third-order valence-electron chi connectivity index (χ3n) is 3.93. The number of rotatable bonds is 3. The van der Waals surface area contributed by atoms with Crippen molar-refractivity contribution in [2.75, 3.05) is 12.3 Å². The van der Waals surface area contributed by atoms with Crippen molar-refractivity contribution in [1.82, 2.24) is 4.98 Å². The molecule has 2 aromatic rings. The second-order valence-electron chi connectivity index (χ2n) is 5.40. The monoisotopic (exact) mass is 256 g/mol. The standard InChI is InChI=1S/C16H20N2O/c17-13-6-7-14-15(10-13)18-9-8-16(14)19-11-12-4-2-1-3-5-12/h6-10,12H,1-5,11,17H2. The Morgan fingerprint density at radius 1 is 1.16 bits per heavy atom. The number of nitrogens with two attached hydrogens (primary N) is 1. The van der Waals surface area contributed by atoms with Gasteiger partial charge in [-0.3, -0.25) is 4.98 Å². The zero-order valence-corrected chi connectivity index (χ0v) is 11.1. The van der Waals surface area contributed by atoms with Crippen LogP contribution in [0.2, 0.25) is 0 Å². The highest BCUT2D eigenvalue weighted by Gasteiger charge is 2.14. The van der Waals surface area contributed by atoms with Crippen molar-refractivity contribution in [3.8, 4) is 5.75 Å². The van der Waals surface area contributed by atoms with Crippen LogP contribution in [0.5, 0.6) is 5.75 Å². The summed E-state index contributed by atoms with van der Waals surface area (Å²) in [5.74, 6) is 1.64. The maximum Gasteiger partial charge on any atom is 0.130 e. The molecule has 2 N–H and O–H groups in total. The molecule has 3 rings (SSSR count). The predicted octanol–water partition coefficient (Wildman–Crippen LogP) is 3.78. The highest BCUT2D eigenvalue weighted by molar-refractivity contribution is 5.87. The molecule has 19 heavy (non-hydrogen) atoms. The van der Waals surface area contributed by atoms with Crippen molar-refractivity contribution >= 4 is 16.6 Å². The maximum absolute atomic E-state index is 6.02. The molecule has 3 nitrogen and oxygen atoms in total. The molecule has 1 aromatic heterocycles. The third kappa shape index (κ3) is 2.80. The largest absolute Gasteiger partial charge is 0.493 e. The van der Waals surface area contributed by atoms with E-state index in [9.17, 15) is 0 Å². The van der Waals surface area contributed by atoms with Gasteiger partial charge in [-0.15, -0.1) is 0 Å². The van der Waals surface area contributed by atoms with Crippen molar-refractivity contribution in [1.29, 1.82) is 0 Å². The minimum Gasteiger partial charge on any atom is -0.493 e. The van der Waals surface area contributed by atoms with Crippen LogP contribution in [0.1, 0.15) is 32.1 Å². The zero-order valence-electron chi connectivity index (χ0n) is 11.1. The number of nitrogen functional groups attached to an aromatic ring is 1. The van der Waals surface area contributed by atoms with E-state index in [1.54, 1.807) is 6.20 Å². The molecule has 0 spiro atoms. The number of hydrogen-bond donors (Lipinski definition) is 1. The number of ether oxygens (including phenoxy) is 1. The maximum atomic E-state index is 6.02. The Bertz CT molecular complexity index is 562. The number of aromatic nitrogens is 1. The van der Waals surface area contributed by atoms with E-state index in [-0.39, 0.29) is 0 Å². The molecule has 0 atom stereocenters. The van der Waals surface area contributed by atoms with Gasteiger partial charge in [0.15, 0.2) is 0 Å². The fourth-order valence-corrected chi connectivity index (χ4v) is 2.83. The van der Waals surface area contributed by atoms with Crippen LogP contribution >= 0.6 is 0 Å². The van der Waals surface area contributed by atoms with E-state index < -0.39 is 0 Å². The van der Waals surface area contributed by atoms with Crippen LogP contribution in [0.15, 0.2) is 30.5 Å². The second-order valence-corrected chi connectivity index (χ2v) is 5.40. The minimum atomic E-state index is 0.714. The van der Waals surface area contributed by atoms with Crippen LogP contribution in [-0.4, -0.2) is 11.6 Å². The van der Waals surface area contributed by atoms with Gasteiger partial charge in [-0.2, -0.15) is 0 Å². The van der Waals surface area contributed by atoms with E-state index in [2.05, 4.69) is 4.98 Å². The van der Waals surface area contributed by atoms with Gasteiger partial charge in [0, 0.05) is 17.3 Å². The van der Waals surface area contributed by atoms with Crippen LogP contribution < -0.4 is 10.5 Å². The normalized spacial score (nSPS) is 16.6. The number of benzene rings is 1. The predicted molar refractivity (Wildman–Crippen MR) is 78.2 cm³/mol. The Kier molecular flexibility index (Phi) is 3.53. The summed E-state index contributed by atoms with van der Waals surface area (Å²) in [5.41, 5.74) is 7.43. The van der Waals surface area contributed by atoms with Gasteiger partial charge in [-0.1, -0.05) is 19.3 Å². The third-order valence-corrected chi connectivity index (χ3v) is 3.93.